The Kier molecular flexibility index (Phi) is 6.53. The Morgan fingerprint density at radius 1 is 1.09 bits per heavy atom. The number of hydrogen-bond donors (Lipinski definition) is 1. The van der Waals surface area contributed by atoms with E-state index in [1.165, 1.54) is 30.3 Å². The zero-order chi connectivity index (χ0) is 24.3. The maximum atomic E-state index is 13.2. The highest BCUT2D eigenvalue weighted by Gasteiger charge is 2.31. The predicted molar refractivity (Wildman–Crippen MR) is 122 cm³/mol. The van der Waals surface area contributed by atoms with Gasteiger partial charge in [-0.25, -0.2) is 14.8 Å². The fourth-order valence-corrected chi connectivity index (χ4v) is 3.68. The summed E-state index contributed by atoms with van der Waals surface area (Å²) >= 11 is 0. The number of rotatable bonds is 3. The average Bonchev–Trinajstić information content (AvgIpc) is 2.82. The van der Waals surface area contributed by atoms with Crippen LogP contribution < -0.4 is 19.9 Å². The fourth-order valence-electron chi connectivity index (χ4n) is 3.68. The molecule has 4 rings (SSSR count). The van der Waals surface area contributed by atoms with E-state index < -0.39 is 17.8 Å². The summed E-state index contributed by atoms with van der Waals surface area (Å²) < 4.78 is 44.7. The van der Waals surface area contributed by atoms with Gasteiger partial charge >= 0.3 is 18.2 Å². The second-order valence-electron chi connectivity index (χ2n) is 7.76. The molecule has 1 aliphatic heterocycles. The second kappa shape index (κ2) is 9.54. The molecule has 0 fully saturated rings. The Balaban J connectivity index is 1.73. The molecule has 0 spiro atoms. The number of alkyl halides is 3. The predicted octanol–water partition coefficient (Wildman–Crippen LogP) is 4.83. The first-order chi connectivity index (χ1) is 16.3. The quantitative estimate of drug-likeness (QED) is 0.588. The number of carbonyl (C=O) groups excluding carboxylic acids is 1. The molecule has 1 N–H and O–H groups in total. The SMILES string of the molecule is COc1nccc(NC(=O)N2CCCCN(C)c3ccc(-c4cccc(C(F)(F)F)c4)nc32)n1. The summed E-state index contributed by atoms with van der Waals surface area (Å²) in [6.45, 7) is 1.14. The van der Waals surface area contributed by atoms with Gasteiger partial charge in [-0.3, -0.25) is 10.2 Å². The van der Waals surface area contributed by atoms with Crippen molar-refractivity contribution in [2.45, 2.75) is 19.0 Å². The Morgan fingerprint density at radius 2 is 1.88 bits per heavy atom. The molecule has 34 heavy (non-hydrogen) atoms. The van der Waals surface area contributed by atoms with E-state index in [0.717, 1.165) is 31.5 Å². The molecule has 0 saturated carbocycles. The van der Waals surface area contributed by atoms with Crippen LogP contribution in [0.5, 0.6) is 6.01 Å². The van der Waals surface area contributed by atoms with Gasteiger partial charge in [0.25, 0.3) is 0 Å². The molecule has 0 bridgehead atoms. The Hall–Kier alpha value is -3.89. The first-order valence-corrected chi connectivity index (χ1v) is 10.6. The van der Waals surface area contributed by atoms with Crippen LogP contribution in [0.1, 0.15) is 18.4 Å². The summed E-state index contributed by atoms with van der Waals surface area (Å²) in [6.07, 6.45) is -1.43. The number of benzene rings is 1. The van der Waals surface area contributed by atoms with Crippen LogP contribution in [0, 0.1) is 0 Å². The monoisotopic (exact) mass is 472 g/mol. The maximum Gasteiger partial charge on any atom is 0.416 e. The molecule has 2 amide bonds. The zero-order valence-electron chi connectivity index (χ0n) is 18.6. The van der Waals surface area contributed by atoms with E-state index >= 15 is 0 Å². The number of nitrogens with zero attached hydrogens (tertiary/aromatic N) is 5. The number of fused-ring (bicyclic) bond motifs is 1. The van der Waals surface area contributed by atoms with Gasteiger partial charge in [0.2, 0.25) is 0 Å². The topological polar surface area (TPSA) is 83.5 Å². The van der Waals surface area contributed by atoms with Crippen LogP contribution in [0.4, 0.5) is 35.3 Å². The molecular weight excluding hydrogens is 449 g/mol. The minimum Gasteiger partial charge on any atom is -0.467 e. The molecule has 0 saturated heterocycles. The number of pyridine rings is 1. The van der Waals surface area contributed by atoms with Gasteiger partial charge in [-0.2, -0.15) is 18.2 Å². The minimum atomic E-state index is -4.47. The van der Waals surface area contributed by atoms with Crippen molar-refractivity contribution in [3.8, 4) is 17.3 Å². The van der Waals surface area contributed by atoms with Gasteiger partial charge < -0.3 is 9.64 Å². The molecule has 0 radical (unpaired) electrons. The van der Waals surface area contributed by atoms with Gasteiger partial charge in [0.05, 0.1) is 24.1 Å². The number of hydrogen-bond acceptors (Lipinski definition) is 6. The summed E-state index contributed by atoms with van der Waals surface area (Å²) in [4.78, 5) is 29.4. The van der Waals surface area contributed by atoms with E-state index in [2.05, 4.69) is 20.3 Å². The summed E-state index contributed by atoms with van der Waals surface area (Å²) in [6, 6.07) is 9.59. The normalized spacial score (nSPS) is 14.1. The second-order valence-corrected chi connectivity index (χ2v) is 7.76. The van der Waals surface area contributed by atoms with E-state index in [0.29, 0.717) is 29.3 Å². The summed E-state index contributed by atoms with van der Waals surface area (Å²) in [5.41, 5.74) is 0.581. The van der Waals surface area contributed by atoms with E-state index in [1.54, 1.807) is 18.2 Å². The van der Waals surface area contributed by atoms with Crippen LogP contribution in [0.25, 0.3) is 11.3 Å². The fraction of sp³-hybridized carbons (Fsp3) is 0.304. The molecule has 3 heterocycles. The molecule has 11 heteroatoms. The zero-order valence-corrected chi connectivity index (χ0v) is 18.6. The highest BCUT2D eigenvalue weighted by molar-refractivity contribution is 6.02. The van der Waals surface area contributed by atoms with Gasteiger partial charge in [-0.05, 0) is 43.2 Å². The number of methoxy groups -OCH3 is 1. The van der Waals surface area contributed by atoms with Gasteiger partial charge in [-0.15, -0.1) is 0 Å². The van der Waals surface area contributed by atoms with E-state index in [1.807, 2.05) is 11.9 Å². The number of carbonyl (C=O) groups is 1. The third kappa shape index (κ3) is 5.03. The van der Waals surface area contributed by atoms with Crippen LogP contribution in [0.2, 0.25) is 0 Å². The van der Waals surface area contributed by atoms with Crippen molar-refractivity contribution < 1.29 is 22.7 Å². The number of ether oxygens (including phenoxy) is 1. The number of anilines is 3. The van der Waals surface area contributed by atoms with Crippen LogP contribution >= 0.6 is 0 Å². The van der Waals surface area contributed by atoms with Crippen LogP contribution in [-0.4, -0.2) is 48.2 Å². The van der Waals surface area contributed by atoms with Crippen molar-refractivity contribution in [2.24, 2.45) is 0 Å². The largest absolute Gasteiger partial charge is 0.467 e. The molecular formula is C23H23F3N6O2. The van der Waals surface area contributed by atoms with Gasteiger partial charge in [0.1, 0.15) is 5.82 Å². The van der Waals surface area contributed by atoms with Gasteiger partial charge in [0.15, 0.2) is 5.82 Å². The van der Waals surface area contributed by atoms with E-state index in [9.17, 15) is 18.0 Å². The average molecular weight is 472 g/mol. The lowest BCUT2D eigenvalue weighted by atomic mass is 10.1. The molecule has 0 aliphatic carbocycles. The third-order valence-corrected chi connectivity index (χ3v) is 5.43. The summed E-state index contributed by atoms with van der Waals surface area (Å²) in [5, 5.41) is 2.73. The lowest BCUT2D eigenvalue weighted by Crippen LogP contribution is -2.39. The van der Waals surface area contributed by atoms with Crippen molar-refractivity contribution >= 4 is 23.4 Å². The molecule has 0 unspecified atom stereocenters. The van der Waals surface area contributed by atoms with Crippen molar-refractivity contribution in [1.29, 1.82) is 0 Å². The van der Waals surface area contributed by atoms with Crippen molar-refractivity contribution in [2.75, 3.05) is 42.4 Å². The molecule has 2 aromatic heterocycles. The Bertz CT molecular complexity index is 1190. The number of nitrogens with one attached hydrogen (secondary N) is 1. The van der Waals surface area contributed by atoms with Gasteiger partial charge in [-0.1, -0.05) is 12.1 Å². The Morgan fingerprint density at radius 3 is 2.65 bits per heavy atom. The third-order valence-electron chi connectivity index (χ3n) is 5.43. The highest BCUT2D eigenvalue weighted by Crippen LogP contribution is 2.35. The van der Waals surface area contributed by atoms with E-state index in [4.69, 9.17) is 4.74 Å². The lowest BCUT2D eigenvalue weighted by Gasteiger charge is -2.31. The highest BCUT2D eigenvalue weighted by atomic mass is 19.4. The van der Waals surface area contributed by atoms with Crippen LogP contribution in [-0.2, 0) is 6.18 Å². The molecule has 1 aromatic carbocycles. The van der Waals surface area contributed by atoms with E-state index in [-0.39, 0.29) is 11.8 Å². The number of aromatic nitrogens is 3. The molecule has 0 atom stereocenters. The maximum absolute atomic E-state index is 13.2. The van der Waals surface area contributed by atoms with Crippen LogP contribution in [0.15, 0.2) is 48.7 Å². The standard InChI is InChI=1S/C23H23F3N6O2/c1-31-12-3-4-13-32(22(33)30-19-10-11-27-21(29-19)34-2)20-18(31)9-8-17(28-20)15-6-5-7-16(14-15)23(24,25)26/h5-11,14H,3-4,12-13H2,1-2H3,(H,27,29,30,33). The van der Waals surface area contributed by atoms with Crippen LogP contribution in [0.3, 0.4) is 0 Å². The molecule has 1 aliphatic rings. The summed E-state index contributed by atoms with van der Waals surface area (Å²) in [7, 11) is 3.31. The number of amides is 2. The minimum absolute atomic E-state index is 0.107. The van der Waals surface area contributed by atoms with Crippen molar-refractivity contribution in [3.63, 3.8) is 0 Å². The molecule has 8 nitrogen and oxygen atoms in total. The first kappa shape index (κ1) is 23.3. The van der Waals surface area contributed by atoms with Crippen molar-refractivity contribution in [1.82, 2.24) is 15.0 Å². The number of halogens is 3. The smallest absolute Gasteiger partial charge is 0.416 e. The molecule has 178 valence electrons. The van der Waals surface area contributed by atoms with Crippen molar-refractivity contribution in [3.05, 3.63) is 54.2 Å². The first-order valence-electron chi connectivity index (χ1n) is 10.6. The number of urea groups is 1. The van der Waals surface area contributed by atoms with Gasteiger partial charge in [0, 0.05) is 31.9 Å². The molecule has 3 aromatic rings. The Labute approximate surface area is 194 Å². The lowest BCUT2D eigenvalue weighted by molar-refractivity contribution is -0.137. The summed E-state index contributed by atoms with van der Waals surface area (Å²) in [5.74, 6) is 0.610.